The van der Waals surface area contributed by atoms with E-state index in [4.69, 9.17) is 10.6 Å². The van der Waals surface area contributed by atoms with E-state index in [1.165, 1.54) is 4.88 Å². The second-order valence-electron chi connectivity index (χ2n) is 3.22. The number of thiazole rings is 1. The summed E-state index contributed by atoms with van der Waals surface area (Å²) in [5, 5.41) is 0.737. The van der Waals surface area contributed by atoms with Gasteiger partial charge in [-0.3, -0.25) is 5.43 Å². The fourth-order valence-corrected chi connectivity index (χ4v) is 3.10. The largest absolute Gasteiger partial charge is 0.496 e. The minimum atomic E-state index is 0.737. The van der Waals surface area contributed by atoms with Crippen molar-refractivity contribution in [1.29, 1.82) is 0 Å². The lowest BCUT2D eigenvalue weighted by atomic mass is 10.3. The zero-order chi connectivity index (χ0) is 12.1. The number of benzene rings is 1. The smallest absolute Gasteiger partial charge is 0.197 e. The van der Waals surface area contributed by atoms with E-state index >= 15 is 0 Å². The number of thioether (sulfide) groups is 1. The van der Waals surface area contributed by atoms with Crippen molar-refractivity contribution in [3.05, 3.63) is 35.3 Å². The van der Waals surface area contributed by atoms with Gasteiger partial charge in [-0.1, -0.05) is 12.1 Å². The molecule has 0 aliphatic heterocycles. The Morgan fingerprint density at radius 2 is 2.29 bits per heavy atom. The summed E-state index contributed by atoms with van der Waals surface area (Å²) in [7, 11) is 1.68. The van der Waals surface area contributed by atoms with Gasteiger partial charge in [-0.2, -0.15) is 0 Å². The SMILES string of the molecule is COc1ccccc1SCc1cnc(NN)s1. The topological polar surface area (TPSA) is 60.2 Å². The predicted molar refractivity (Wildman–Crippen MR) is 72.5 cm³/mol. The normalized spacial score (nSPS) is 10.2. The van der Waals surface area contributed by atoms with Crippen molar-refractivity contribution in [2.75, 3.05) is 12.5 Å². The lowest BCUT2D eigenvalue weighted by molar-refractivity contribution is 0.405. The number of nitrogens with zero attached hydrogens (tertiary/aromatic N) is 1. The van der Waals surface area contributed by atoms with Crippen molar-refractivity contribution in [2.24, 2.45) is 5.84 Å². The lowest BCUT2D eigenvalue weighted by Crippen LogP contribution is -2.05. The van der Waals surface area contributed by atoms with Gasteiger partial charge in [0, 0.05) is 21.7 Å². The molecule has 0 aliphatic carbocycles. The van der Waals surface area contributed by atoms with Crippen LogP contribution in [0.25, 0.3) is 0 Å². The molecule has 2 aromatic rings. The molecule has 17 heavy (non-hydrogen) atoms. The summed E-state index contributed by atoms with van der Waals surface area (Å²) in [5.41, 5.74) is 2.54. The average molecular weight is 267 g/mol. The van der Waals surface area contributed by atoms with Gasteiger partial charge in [0.2, 0.25) is 0 Å². The highest BCUT2D eigenvalue weighted by Crippen LogP contribution is 2.32. The van der Waals surface area contributed by atoms with Gasteiger partial charge < -0.3 is 4.74 Å². The second-order valence-corrected chi connectivity index (χ2v) is 5.35. The van der Waals surface area contributed by atoms with E-state index in [2.05, 4.69) is 10.4 Å². The number of hydrazine groups is 1. The van der Waals surface area contributed by atoms with Gasteiger partial charge in [-0.25, -0.2) is 10.8 Å². The maximum absolute atomic E-state index is 5.29. The second kappa shape index (κ2) is 5.90. The van der Waals surface area contributed by atoms with Crippen molar-refractivity contribution < 1.29 is 4.74 Å². The minimum Gasteiger partial charge on any atom is -0.496 e. The van der Waals surface area contributed by atoms with Crippen LogP contribution >= 0.6 is 23.1 Å². The van der Waals surface area contributed by atoms with Crippen LogP contribution in [-0.4, -0.2) is 12.1 Å². The van der Waals surface area contributed by atoms with E-state index in [1.807, 2.05) is 30.5 Å². The summed E-state index contributed by atoms with van der Waals surface area (Å²) in [6.07, 6.45) is 1.84. The molecule has 0 atom stereocenters. The first kappa shape index (κ1) is 12.2. The van der Waals surface area contributed by atoms with Crippen LogP contribution in [0.3, 0.4) is 0 Å². The molecule has 0 aliphatic rings. The third-order valence-corrected chi connectivity index (χ3v) is 4.33. The zero-order valence-corrected chi connectivity index (χ0v) is 11.0. The van der Waals surface area contributed by atoms with Crippen LogP contribution in [0.15, 0.2) is 35.4 Å². The molecule has 6 heteroatoms. The molecule has 0 fully saturated rings. The number of methoxy groups -OCH3 is 1. The van der Waals surface area contributed by atoms with Crippen molar-refractivity contribution in [1.82, 2.24) is 4.98 Å². The van der Waals surface area contributed by atoms with E-state index in [9.17, 15) is 0 Å². The Morgan fingerprint density at radius 3 is 3.00 bits per heavy atom. The summed E-state index contributed by atoms with van der Waals surface area (Å²) in [6.45, 7) is 0. The molecule has 0 spiro atoms. The first-order valence-electron chi connectivity index (χ1n) is 5.00. The Kier molecular flexibility index (Phi) is 4.24. The molecule has 3 N–H and O–H groups in total. The van der Waals surface area contributed by atoms with Crippen LogP contribution in [0.2, 0.25) is 0 Å². The maximum atomic E-state index is 5.29. The molecule has 0 unspecified atom stereocenters. The quantitative estimate of drug-likeness (QED) is 0.495. The average Bonchev–Trinajstić information content (AvgIpc) is 2.84. The summed E-state index contributed by atoms with van der Waals surface area (Å²) in [6, 6.07) is 7.98. The molecule has 1 heterocycles. The number of aromatic nitrogens is 1. The number of ether oxygens (including phenoxy) is 1. The number of rotatable bonds is 5. The number of hydrogen-bond donors (Lipinski definition) is 2. The molecule has 0 saturated heterocycles. The van der Waals surface area contributed by atoms with Gasteiger partial charge in [0.15, 0.2) is 5.13 Å². The molecule has 2 rings (SSSR count). The highest BCUT2D eigenvalue weighted by molar-refractivity contribution is 7.98. The maximum Gasteiger partial charge on any atom is 0.197 e. The van der Waals surface area contributed by atoms with Crippen molar-refractivity contribution in [3.63, 3.8) is 0 Å². The first-order valence-corrected chi connectivity index (χ1v) is 6.81. The Hall–Kier alpha value is -1.24. The fourth-order valence-electron chi connectivity index (χ4n) is 1.33. The van der Waals surface area contributed by atoms with Gasteiger partial charge in [0.25, 0.3) is 0 Å². The van der Waals surface area contributed by atoms with Crippen LogP contribution in [0, 0.1) is 0 Å². The third-order valence-electron chi connectivity index (χ3n) is 2.12. The molecule has 90 valence electrons. The zero-order valence-electron chi connectivity index (χ0n) is 9.34. The van der Waals surface area contributed by atoms with Gasteiger partial charge in [-0.15, -0.1) is 23.1 Å². The summed E-state index contributed by atoms with van der Waals surface area (Å²) >= 11 is 3.28. The molecule has 0 amide bonds. The third kappa shape index (κ3) is 3.12. The molecule has 0 bridgehead atoms. The Balaban J connectivity index is 2.01. The van der Waals surface area contributed by atoms with Crippen LogP contribution in [0.5, 0.6) is 5.75 Å². The molecule has 1 aromatic carbocycles. The van der Waals surface area contributed by atoms with Gasteiger partial charge >= 0.3 is 0 Å². The number of nitrogens with one attached hydrogen (secondary N) is 1. The molecular weight excluding hydrogens is 254 g/mol. The highest BCUT2D eigenvalue weighted by Gasteiger charge is 2.05. The van der Waals surface area contributed by atoms with E-state index in [1.54, 1.807) is 30.2 Å². The Labute approximate surface area is 108 Å². The van der Waals surface area contributed by atoms with Crippen LogP contribution in [0.4, 0.5) is 5.13 Å². The standard InChI is InChI=1S/C11H13N3OS2/c1-15-9-4-2-3-5-10(9)16-7-8-6-13-11(14-12)17-8/h2-6H,7,12H2,1H3,(H,13,14). The Bertz CT molecular complexity index is 487. The van der Waals surface area contributed by atoms with Gasteiger partial charge in [0.05, 0.1) is 7.11 Å². The predicted octanol–water partition coefficient (Wildman–Crippen LogP) is 2.73. The van der Waals surface area contributed by atoms with Gasteiger partial charge in [0.1, 0.15) is 5.75 Å². The number of para-hydroxylation sites is 1. The first-order chi connectivity index (χ1) is 8.33. The summed E-state index contributed by atoms with van der Waals surface area (Å²) < 4.78 is 5.29. The number of anilines is 1. The summed E-state index contributed by atoms with van der Waals surface area (Å²) in [4.78, 5) is 6.43. The van der Waals surface area contributed by atoms with Crippen LogP contribution in [-0.2, 0) is 5.75 Å². The molecule has 0 radical (unpaired) electrons. The molecule has 4 nitrogen and oxygen atoms in total. The van der Waals surface area contributed by atoms with Crippen molar-refractivity contribution in [2.45, 2.75) is 10.6 Å². The minimum absolute atomic E-state index is 0.737. The van der Waals surface area contributed by atoms with Crippen molar-refractivity contribution >= 4 is 28.2 Å². The number of hydrogen-bond acceptors (Lipinski definition) is 6. The monoisotopic (exact) mass is 267 g/mol. The van der Waals surface area contributed by atoms with E-state index in [0.29, 0.717) is 0 Å². The molecule has 1 aromatic heterocycles. The highest BCUT2D eigenvalue weighted by atomic mass is 32.2. The van der Waals surface area contributed by atoms with Crippen LogP contribution in [0.1, 0.15) is 4.88 Å². The number of nitrogens with two attached hydrogens (primary N) is 1. The van der Waals surface area contributed by atoms with E-state index in [0.717, 1.165) is 21.5 Å². The molecule has 0 saturated carbocycles. The molecular formula is C11H13N3OS2. The van der Waals surface area contributed by atoms with Crippen LogP contribution < -0.4 is 16.0 Å². The fraction of sp³-hybridized carbons (Fsp3) is 0.182. The van der Waals surface area contributed by atoms with E-state index in [-0.39, 0.29) is 0 Å². The number of nitrogen functional groups attached to an aromatic ring is 1. The van der Waals surface area contributed by atoms with Gasteiger partial charge in [-0.05, 0) is 12.1 Å². The lowest BCUT2D eigenvalue weighted by Gasteiger charge is -2.06. The van der Waals surface area contributed by atoms with E-state index < -0.39 is 0 Å². The Morgan fingerprint density at radius 1 is 1.47 bits per heavy atom. The van der Waals surface area contributed by atoms with Crippen molar-refractivity contribution in [3.8, 4) is 5.75 Å². The summed E-state index contributed by atoms with van der Waals surface area (Å²) in [5.74, 6) is 7.05.